The van der Waals surface area contributed by atoms with Gasteiger partial charge in [-0.15, -0.1) is 12.4 Å². The predicted molar refractivity (Wildman–Crippen MR) is 126 cm³/mol. The maximum absolute atomic E-state index is 12.2. The molecule has 1 heterocycles. The first-order valence-electron chi connectivity index (χ1n) is 9.06. The monoisotopic (exact) mass is 473 g/mol. The molecule has 164 valence electrons. The van der Waals surface area contributed by atoms with Crippen molar-refractivity contribution in [3.63, 3.8) is 0 Å². The van der Waals surface area contributed by atoms with Gasteiger partial charge in [0.15, 0.2) is 0 Å². The lowest BCUT2D eigenvalue weighted by Crippen LogP contribution is -2.19. The highest BCUT2D eigenvalue weighted by Gasteiger charge is 2.08. The average Bonchev–Trinajstić information content (AvgIpc) is 3.09. The summed E-state index contributed by atoms with van der Waals surface area (Å²) < 4.78 is 5.86. The van der Waals surface area contributed by atoms with Crippen molar-refractivity contribution in [2.24, 2.45) is 0 Å². The summed E-state index contributed by atoms with van der Waals surface area (Å²) in [6.07, 6.45) is -1.21. The van der Waals surface area contributed by atoms with E-state index in [9.17, 15) is 9.59 Å². The number of amides is 3. The molecule has 32 heavy (non-hydrogen) atoms. The number of nitrogens with zero attached hydrogens (tertiary/aromatic N) is 1. The molecule has 4 rings (SSSR count). The van der Waals surface area contributed by atoms with E-state index in [-0.39, 0.29) is 18.4 Å². The third-order valence-corrected chi connectivity index (χ3v) is 4.32. The van der Waals surface area contributed by atoms with E-state index in [1.807, 2.05) is 0 Å². The van der Waals surface area contributed by atoms with Gasteiger partial charge in [-0.3, -0.25) is 5.32 Å². The zero-order valence-corrected chi connectivity index (χ0v) is 17.8. The van der Waals surface area contributed by atoms with Crippen LogP contribution in [0.5, 0.6) is 11.5 Å². The highest BCUT2D eigenvalue weighted by molar-refractivity contribution is 6.30. The molecule has 0 fully saturated rings. The lowest BCUT2D eigenvalue weighted by Gasteiger charge is -2.10. The molecule has 0 bridgehead atoms. The van der Waals surface area contributed by atoms with Crippen LogP contribution in [0.4, 0.5) is 26.9 Å². The summed E-state index contributed by atoms with van der Waals surface area (Å²) in [6.45, 7) is 0. The van der Waals surface area contributed by atoms with Crippen molar-refractivity contribution in [2.75, 3.05) is 16.0 Å². The molecule has 1 aromatic heterocycles. The maximum atomic E-state index is 12.2. The molecule has 0 aliphatic carbocycles. The van der Waals surface area contributed by atoms with E-state index in [1.54, 1.807) is 66.7 Å². The lowest BCUT2D eigenvalue weighted by molar-refractivity contribution is 0.209. The Labute approximate surface area is 193 Å². The number of carbonyl (C=O) groups excluding carboxylic acids is 1. The van der Waals surface area contributed by atoms with Crippen LogP contribution in [0.3, 0.4) is 0 Å². The number of imidazole rings is 1. The van der Waals surface area contributed by atoms with Gasteiger partial charge in [-0.05, 0) is 42.5 Å². The van der Waals surface area contributed by atoms with Crippen molar-refractivity contribution < 1.29 is 19.4 Å². The van der Waals surface area contributed by atoms with Crippen LogP contribution in [0.25, 0.3) is 11.0 Å². The number of carboxylic acid groups (broad SMARTS) is 1. The first-order valence-corrected chi connectivity index (χ1v) is 9.44. The first kappa shape index (κ1) is 22.7. The molecule has 3 aromatic carbocycles. The third kappa shape index (κ3) is 5.81. The molecule has 0 spiro atoms. The first-order chi connectivity index (χ1) is 14.9. The molecule has 0 unspecified atom stereocenters. The van der Waals surface area contributed by atoms with Crippen LogP contribution in [0.2, 0.25) is 5.02 Å². The van der Waals surface area contributed by atoms with Crippen molar-refractivity contribution in [3.05, 3.63) is 71.8 Å². The van der Waals surface area contributed by atoms with E-state index in [0.717, 1.165) is 0 Å². The van der Waals surface area contributed by atoms with Crippen molar-refractivity contribution in [3.8, 4) is 11.5 Å². The molecule has 0 saturated carbocycles. The molecule has 0 aliphatic heterocycles. The maximum Gasteiger partial charge on any atom is 0.411 e. The Morgan fingerprint density at radius 2 is 1.59 bits per heavy atom. The Morgan fingerprint density at radius 3 is 2.31 bits per heavy atom. The van der Waals surface area contributed by atoms with Gasteiger partial charge >= 0.3 is 12.1 Å². The number of aromatic nitrogens is 2. The molecule has 0 atom stereocenters. The normalized spacial score (nSPS) is 10.2. The van der Waals surface area contributed by atoms with E-state index in [4.69, 9.17) is 21.4 Å². The van der Waals surface area contributed by atoms with Gasteiger partial charge in [0.25, 0.3) is 0 Å². The zero-order valence-electron chi connectivity index (χ0n) is 16.3. The number of halogens is 2. The van der Waals surface area contributed by atoms with Crippen LogP contribution in [0.1, 0.15) is 0 Å². The van der Waals surface area contributed by atoms with Crippen LogP contribution in [0.15, 0.2) is 66.7 Å². The zero-order chi connectivity index (χ0) is 21.8. The van der Waals surface area contributed by atoms with Gasteiger partial charge in [-0.1, -0.05) is 23.7 Å². The van der Waals surface area contributed by atoms with Gasteiger partial charge < -0.3 is 25.5 Å². The minimum absolute atomic E-state index is 0. The van der Waals surface area contributed by atoms with Gasteiger partial charge in [0, 0.05) is 28.5 Å². The summed E-state index contributed by atoms with van der Waals surface area (Å²) in [5, 5.41) is 16.9. The molecule has 4 aromatic rings. The minimum atomic E-state index is -1.21. The standard InChI is InChI=1S/C21H16ClN5O4.ClH/c22-12-3-1-4-13(9-12)23-20(28)24-14-5-2-6-15(10-14)31-16-7-8-17-18(11-16)26-19(25-17)27-21(29)30;/h1-11H,(H,29,30)(H2,23,24,28)(H2,25,26,27);1H. The molecule has 11 heteroatoms. The van der Waals surface area contributed by atoms with Gasteiger partial charge in [-0.25, -0.2) is 14.6 Å². The molecule has 0 radical (unpaired) electrons. The number of benzene rings is 3. The molecule has 5 N–H and O–H groups in total. The minimum Gasteiger partial charge on any atom is -0.465 e. The second kappa shape index (κ2) is 9.90. The van der Waals surface area contributed by atoms with Crippen molar-refractivity contribution in [2.45, 2.75) is 0 Å². The highest BCUT2D eigenvalue weighted by Crippen LogP contribution is 2.27. The fourth-order valence-corrected chi connectivity index (χ4v) is 3.04. The summed E-state index contributed by atoms with van der Waals surface area (Å²) in [6, 6.07) is 18.4. The predicted octanol–water partition coefficient (Wildman–Crippen LogP) is 6.16. The highest BCUT2D eigenvalue weighted by atomic mass is 35.5. The number of nitrogens with one attached hydrogen (secondary N) is 4. The van der Waals surface area contributed by atoms with Gasteiger partial charge in [0.05, 0.1) is 11.0 Å². The molecule has 0 aliphatic rings. The Balaban J connectivity index is 0.00000289. The van der Waals surface area contributed by atoms with Crippen molar-refractivity contribution in [1.29, 1.82) is 0 Å². The van der Waals surface area contributed by atoms with Crippen LogP contribution >= 0.6 is 24.0 Å². The lowest BCUT2D eigenvalue weighted by atomic mass is 10.3. The summed E-state index contributed by atoms with van der Waals surface area (Å²) in [5.74, 6) is 1.14. The average molecular weight is 474 g/mol. The van der Waals surface area contributed by atoms with E-state index >= 15 is 0 Å². The number of aromatic amines is 1. The largest absolute Gasteiger partial charge is 0.465 e. The molecule has 3 amide bonds. The molecular weight excluding hydrogens is 457 g/mol. The topological polar surface area (TPSA) is 128 Å². The number of hydrogen-bond donors (Lipinski definition) is 5. The number of carbonyl (C=O) groups is 2. The van der Waals surface area contributed by atoms with Gasteiger partial charge in [0.1, 0.15) is 11.5 Å². The van der Waals surface area contributed by atoms with E-state index in [2.05, 4.69) is 25.9 Å². The molecule has 9 nitrogen and oxygen atoms in total. The Kier molecular flexibility index (Phi) is 7.04. The van der Waals surface area contributed by atoms with Gasteiger partial charge in [-0.2, -0.15) is 0 Å². The summed E-state index contributed by atoms with van der Waals surface area (Å²) in [7, 11) is 0. The molecular formula is C21H17Cl2N5O4. The van der Waals surface area contributed by atoms with Crippen molar-refractivity contribution in [1.82, 2.24) is 9.97 Å². The number of fused-ring (bicyclic) bond motifs is 1. The summed E-state index contributed by atoms with van der Waals surface area (Å²) >= 11 is 5.92. The van der Waals surface area contributed by atoms with Crippen LogP contribution in [0, 0.1) is 0 Å². The van der Waals surface area contributed by atoms with E-state index in [1.165, 1.54) is 0 Å². The Hall–Kier alpha value is -3.95. The number of hydrogen-bond acceptors (Lipinski definition) is 4. The fourth-order valence-electron chi connectivity index (χ4n) is 2.85. The van der Waals surface area contributed by atoms with E-state index in [0.29, 0.717) is 38.9 Å². The van der Waals surface area contributed by atoms with Crippen LogP contribution < -0.4 is 20.7 Å². The van der Waals surface area contributed by atoms with Crippen LogP contribution in [-0.2, 0) is 0 Å². The number of rotatable bonds is 5. The number of urea groups is 1. The fraction of sp³-hybridized carbons (Fsp3) is 0. The smallest absolute Gasteiger partial charge is 0.411 e. The van der Waals surface area contributed by atoms with E-state index < -0.39 is 12.1 Å². The Morgan fingerprint density at radius 1 is 0.906 bits per heavy atom. The second-order valence-corrected chi connectivity index (χ2v) is 6.85. The molecule has 0 saturated heterocycles. The van der Waals surface area contributed by atoms with Crippen molar-refractivity contribution >= 4 is 64.5 Å². The summed E-state index contributed by atoms with van der Waals surface area (Å²) in [5.41, 5.74) is 2.30. The van der Waals surface area contributed by atoms with Gasteiger partial charge in [0.2, 0.25) is 5.95 Å². The van der Waals surface area contributed by atoms with Crippen LogP contribution in [-0.4, -0.2) is 27.2 Å². The number of anilines is 3. The third-order valence-electron chi connectivity index (χ3n) is 4.09. The summed E-state index contributed by atoms with van der Waals surface area (Å²) in [4.78, 5) is 29.9. The number of H-pyrrole nitrogens is 1. The quantitative estimate of drug-likeness (QED) is 0.237. The number of ether oxygens (including phenoxy) is 1. The Bertz CT molecular complexity index is 1280. The SMILES string of the molecule is Cl.O=C(O)Nc1nc2ccc(Oc3cccc(NC(=O)Nc4cccc(Cl)c4)c3)cc2[nH]1. The second-order valence-electron chi connectivity index (χ2n) is 6.41.